The van der Waals surface area contributed by atoms with Crippen LogP contribution in [0.4, 0.5) is 5.69 Å². The molecule has 0 radical (unpaired) electrons. The Morgan fingerprint density at radius 2 is 1.85 bits per heavy atom. The highest BCUT2D eigenvalue weighted by molar-refractivity contribution is 6.08. The lowest BCUT2D eigenvalue weighted by Gasteiger charge is -2.27. The minimum Gasteiger partial charge on any atom is -0.464 e. The van der Waals surface area contributed by atoms with Gasteiger partial charge in [0.05, 0.1) is 7.11 Å². The van der Waals surface area contributed by atoms with Crippen molar-refractivity contribution in [3.63, 3.8) is 0 Å². The van der Waals surface area contributed by atoms with Gasteiger partial charge in [-0.25, -0.2) is 4.79 Å². The Bertz CT molecular complexity index is 746. The lowest BCUT2D eigenvalue weighted by atomic mass is 9.78. The molecule has 0 aromatic heterocycles. The number of rotatable bonds is 4. The third-order valence-electron chi connectivity index (χ3n) is 5.94. The van der Waals surface area contributed by atoms with Crippen molar-refractivity contribution in [2.75, 3.05) is 33.2 Å². The van der Waals surface area contributed by atoms with Crippen LogP contribution in [0, 0.1) is 11.8 Å². The van der Waals surface area contributed by atoms with E-state index in [9.17, 15) is 14.4 Å². The molecule has 26 heavy (non-hydrogen) atoms. The SMILES string of the molecule is CC[C@@]1(C(=O)OC)[NH2+][C@@H](c2ccc(N(C)C)cc2)[C@H]2C(=O)N(C)C(=O)[C@@H]21. The lowest BCUT2D eigenvalue weighted by molar-refractivity contribution is -0.734. The first-order valence-corrected chi connectivity index (χ1v) is 8.81. The second kappa shape index (κ2) is 6.39. The molecular formula is C19H26N3O4+. The average molecular weight is 360 g/mol. The number of hydrogen-bond acceptors (Lipinski definition) is 5. The predicted octanol–water partition coefficient (Wildman–Crippen LogP) is -0.0765. The quantitative estimate of drug-likeness (QED) is 0.600. The number of carbonyl (C=O) groups is 3. The second-order valence-electron chi connectivity index (χ2n) is 7.30. The largest absolute Gasteiger partial charge is 0.464 e. The minimum absolute atomic E-state index is 0.225. The van der Waals surface area contributed by atoms with Gasteiger partial charge in [-0.3, -0.25) is 14.5 Å². The molecule has 2 amide bonds. The van der Waals surface area contributed by atoms with E-state index in [0.29, 0.717) is 6.42 Å². The molecule has 0 saturated carbocycles. The van der Waals surface area contributed by atoms with E-state index in [1.165, 1.54) is 14.2 Å². The number of imide groups is 1. The van der Waals surface area contributed by atoms with Crippen molar-refractivity contribution >= 4 is 23.5 Å². The zero-order chi connectivity index (χ0) is 19.2. The Hall–Kier alpha value is -2.41. The molecule has 0 aliphatic carbocycles. The molecule has 1 aromatic carbocycles. The Morgan fingerprint density at radius 1 is 1.23 bits per heavy atom. The molecule has 2 aliphatic rings. The Morgan fingerprint density at radius 3 is 2.35 bits per heavy atom. The fraction of sp³-hybridized carbons (Fsp3) is 0.526. The van der Waals surface area contributed by atoms with Crippen LogP contribution in [-0.2, 0) is 19.1 Å². The number of carbonyl (C=O) groups excluding carboxylic acids is 3. The summed E-state index contributed by atoms with van der Waals surface area (Å²) in [6, 6.07) is 7.59. The van der Waals surface area contributed by atoms with Gasteiger partial charge in [0.2, 0.25) is 17.4 Å². The zero-order valence-corrected chi connectivity index (χ0v) is 15.9. The van der Waals surface area contributed by atoms with Crippen molar-refractivity contribution < 1.29 is 24.4 Å². The fourth-order valence-corrected chi connectivity index (χ4v) is 4.43. The number of amides is 2. The van der Waals surface area contributed by atoms with Crippen LogP contribution < -0.4 is 10.2 Å². The maximum Gasteiger partial charge on any atom is 0.368 e. The first-order valence-electron chi connectivity index (χ1n) is 8.81. The maximum absolute atomic E-state index is 12.8. The van der Waals surface area contributed by atoms with Crippen molar-refractivity contribution in [1.29, 1.82) is 0 Å². The number of fused-ring (bicyclic) bond motifs is 1. The van der Waals surface area contributed by atoms with E-state index < -0.39 is 23.3 Å². The van der Waals surface area contributed by atoms with Crippen molar-refractivity contribution in [1.82, 2.24) is 4.90 Å². The van der Waals surface area contributed by atoms with Crippen LogP contribution in [0.25, 0.3) is 0 Å². The van der Waals surface area contributed by atoms with E-state index in [-0.39, 0.29) is 17.9 Å². The van der Waals surface area contributed by atoms with Crippen LogP contribution in [-0.4, -0.2) is 56.5 Å². The number of hydrogen-bond donors (Lipinski definition) is 1. The normalized spacial score (nSPS) is 30.5. The van der Waals surface area contributed by atoms with Crippen LogP contribution in [0.2, 0.25) is 0 Å². The van der Waals surface area contributed by atoms with Crippen molar-refractivity contribution in [3.05, 3.63) is 29.8 Å². The number of nitrogens with zero attached hydrogens (tertiary/aromatic N) is 2. The number of quaternary nitrogens is 1. The number of nitrogens with two attached hydrogens (primary N) is 1. The molecule has 0 bridgehead atoms. The van der Waals surface area contributed by atoms with Crippen molar-refractivity contribution in [2.45, 2.75) is 24.9 Å². The monoisotopic (exact) mass is 360 g/mol. The standard InChI is InChI=1S/C19H25N3O4/c1-6-19(18(25)26-5)14-13(16(23)22(4)17(14)24)15(20-19)11-7-9-12(10-8-11)21(2)3/h7-10,13-15,20H,6H2,1-5H3/p+1/t13-,14+,15-,19+/m0/s1. The molecule has 7 nitrogen and oxygen atoms in total. The summed E-state index contributed by atoms with van der Waals surface area (Å²) in [6.07, 6.45) is 0.417. The van der Waals surface area contributed by atoms with Crippen molar-refractivity contribution in [2.24, 2.45) is 11.8 Å². The van der Waals surface area contributed by atoms with E-state index >= 15 is 0 Å². The molecule has 2 N–H and O–H groups in total. The maximum atomic E-state index is 12.8. The number of methoxy groups -OCH3 is 1. The zero-order valence-electron chi connectivity index (χ0n) is 15.9. The minimum atomic E-state index is -1.07. The van der Waals surface area contributed by atoms with E-state index in [1.54, 1.807) is 0 Å². The third kappa shape index (κ3) is 2.41. The third-order valence-corrected chi connectivity index (χ3v) is 5.94. The van der Waals surface area contributed by atoms with Crippen LogP contribution in [0.15, 0.2) is 24.3 Å². The van der Waals surface area contributed by atoms with Gasteiger partial charge in [-0.1, -0.05) is 19.1 Å². The second-order valence-corrected chi connectivity index (χ2v) is 7.30. The molecule has 1 aromatic rings. The topological polar surface area (TPSA) is 83.5 Å². The van der Waals surface area contributed by atoms with Crippen LogP contribution in [0.3, 0.4) is 0 Å². The first-order chi connectivity index (χ1) is 12.3. The summed E-state index contributed by atoms with van der Waals surface area (Å²) in [6.45, 7) is 1.86. The van der Waals surface area contributed by atoms with Gasteiger partial charge in [-0.05, 0) is 12.1 Å². The molecular weight excluding hydrogens is 334 g/mol. The summed E-state index contributed by atoms with van der Waals surface area (Å²) in [7, 11) is 6.74. The average Bonchev–Trinajstić information content (AvgIpc) is 3.11. The van der Waals surface area contributed by atoms with Gasteiger partial charge in [0, 0.05) is 38.8 Å². The molecule has 7 heteroatoms. The molecule has 2 aliphatic heterocycles. The molecule has 2 heterocycles. The Labute approximate surface area is 153 Å². The molecule has 2 fully saturated rings. The number of benzene rings is 1. The van der Waals surface area contributed by atoms with Crippen LogP contribution in [0.1, 0.15) is 24.9 Å². The van der Waals surface area contributed by atoms with Gasteiger partial charge < -0.3 is 15.0 Å². The molecule has 0 spiro atoms. The number of esters is 1. The fourth-order valence-electron chi connectivity index (χ4n) is 4.43. The van der Waals surface area contributed by atoms with Gasteiger partial charge >= 0.3 is 5.97 Å². The summed E-state index contributed by atoms with van der Waals surface area (Å²) in [5.74, 6) is -2.22. The molecule has 3 rings (SSSR count). The Kier molecular flexibility index (Phi) is 4.52. The van der Waals surface area contributed by atoms with Gasteiger partial charge in [0.25, 0.3) is 0 Å². The molecule has 2 saturated heterocycles. The summed E-state index contributed by atoms with van der Waals surface area (Å²) in [5.41, 5.74) is 0.909. The van der Waals surface area contributed by atoms with Crippen LogP contribution in [0.5, 0.6) is 0 Å². The van der Waals surface area contributed by atoms with Gasteiger partial charge in [0.1, 0.15) is 17.9 Å². The van der Waals surface area contributed by atoms with E-state index in [1.807, 2.05) is 55.5 Å². The summed E-state index contributed by atoms with van der Waals surface area (Å²) in [5, 5.41) is 1.88. The number of ether oxygens (including phenoxy) is 1. The lowest BCUT2D eigenvalue weighted by Crippen LogP contribution is -2.98. The van der Waals surface area contributed by atoms with Crippen molar-refractivity contribution in [3.8, 4) is 0 Å². The predicted molar refractivity (Wildman–Crippen MR) is 95.2 cm³/mol. The first kappa shape index (κ1) is 18.4. The highest BCUT2D eigenvalue weighted by atomic mass is 16.5. The number of anilines is 1. The summed E-state index contributed by atoms with van der Waals surface area (Å²) < 4.78 is 5.03. The molecule has 140 valence electrons. The highest BCUT2D eigenvalue weighted by Gasteiger charge is 2.71. The Balaban J connectivity index is 2.08. The van der Waals surface area contributed by atoms with Gasteiger partial charge in [-0.2, -0.15) is 0 Å². The van der Waals surface area contributed by atoms with E-state index in [0.717, 1.165) is 16.2 Å². The number of likely N-dealkylation sites (tertiary alicyclic amines) is 1. The van der Waals surface area contributed by atoms with E-state index in [2.05, 4.69) is 0 Å². The van der Waals surface area contributed by atoms with Gasteiger partial charge in [-0.15, -0.1) is 0 Å². The van der Waals surface area contributed by atoms with Gasteiger partial charge in [0.15, 0.2) is 0 Å². The summed E-state index contributed by atoms with van der Waals surface area (Å²) >= 11 is 0. The molecule has 4 atom stereocenters. The molecule has 0 unspecified atom stereocenters. The van der Waals surface area contributed by atoms with E-state index in [4.69, 9.17) is 4.74 Å². The smallest absolute Gasteiger partial charge is 0.368 e. The summed E-state index contributed by atoms with van der Waals surface area (Å²) in [4.78, 5) is 41.4. The highest BCUT2D eigenvalue weighted by Crippen LogP contribution is 2.45. The van der Waals surface area contributed by atoms with Crippen LogP contribution >= 0.6 is 0 Å².